The number of esters is 1. The van der Waals surface area contributed by atoms with Gasteiger partial charge in [0.15, 0.2) is 0 Å². The van der Waals surface area contributed by atoms with Crippen LogP contribution >= 0.6 is 11.6 Å². The van der Waals surface area contributed by atoms with Gasteiger partial charge >= 0.3 is 5.97 Å². The van der Waals surface area contributed by atoms with Crippen LogP contribution in [0.15, 0.2) is 18.2 Å². The van der Waals surface area contributed by atoms with Crippen molar-refractivity contribution < 1.29 is 14.0 Å². The molecule has 0 amide bonds. The second-order valence-corrected chi connectivity index (χ2v) is 10.4. The number of carbonyl (C=O) groups is 1. The lowest BCUT2D eigenvalue weighted by molar-refractivity contribution is 0.0600. The van der Waals surface area contributed by atoms with Gasteiger partial charge in [-0.05, 0) is 55.5 Å². The van der Waals surface area contributed by atoms with Gasteiger partial charge < -0.3 is 14.1 Å². The molecule has 1 aliphatic rings. The van der Waals surface area contributed by atoms with Crippen LogP contribution in [0.25, 0.3) is 0 Å². The van der Waals surface area contributed by atoms with Crippen molar-refractivity contribution in [3.8, 4) is 0 Å². The summed E-state index contributed by atoms with van der Waals surface area (Å²) < 4.78 is 11.1. The zero-order valence-corrected chi connectivity index (χ0v) is 17.8. The van der Waals surface area contributed by atoms with Gasteiger partial charge in [0.1, 0.15) is 6.23 Å². The van der Waals surface area contributed by atoms with E-state index in [1.54, 1.807) is 12.1 Å². The summed E-state index contributed by atoms with van der Waals surface area (Å²) in [6.07, 6.45) is 2.13. The summed E-state index contributed by atoms with van der Waals surface area (Å²) in [7, 11) is 0.535. The van der Waals surface area contributed by atoms with Gasteiger partial charge in [-0.1, -0.05) is 32.4 Å². The van der Waals surface area contributed by atoms with E-state index in [4.69, 9.17) is 20.8 Å². The Morgan fingerprint density at radius 3 is 2.52 bits per heavy atom. The molecule has 0 N–H and O–H groups in total. The maximum atomic E-state index is 11.7. The first kappa shape index (κ1) is 20.3. The third kappa shape index (κ3) is 4.99. The minimum Gasteiger partial charge on any atom is -0.465 e. The average molecular weight is 383 g/mol. The van der Waals surface area contributed by atoms with Crippen molar-refractivity contribution in [2.45, 2.75) is 52.9 Å². The molecule has 2 atom stereocenters. The number of ether oxygens (including phenoxy) is 1. The zero-order chi connectivity index (χ0) is 18.8. The zero-order valence-electron chi connectivity index (χ0n) is 16.1. The Bertz CT molecular complexity index is 615. The van der Waals surface area contributed by atoms with Crippen LogP contribution in [0.4, 0.5) is 5.69 Å². The fraction of sp³-hybridized carbons (Fsp3) is 0.632. The molecule has 1 heterocycles. The molecule has 1 aliphatic heterocycles. The fourth-order valence-corrected chi connectivity index (χ4v) is 4.41. The van der Waals surface area contributed by atoms with Crippen molar-refractivity contribution in [2.24, 2.45) is 11.3 Å². The van der Waals surface area contributed by atoms with E-state index in [-0.39, 0.29) is 17.6 Å². The van der Waals surface area contributed by atoms with Gasteiger partial charge in [-0.3, -0.25) is 0 Å². The highest BCUT2D eigenvalue weighted by Crippen LogP contribution is 2.40. The molecule has 1 aromatic rings. The van der Waals surface area contributed by atoms with Crippen molar-refractivity contribution in [1.82, 2.24) is 0 Å². The molecule has 0 saturated carbocycles. The molecular weight excluding hydrogens is 354 g/mol. The van der Waals surface area contributed by atoms with Crippen molar-refractivity contribution >= 4 is 32.3 Å². The predicted molar refractivity (Wildman–Crippen MR) is 105 cm³/mol. The summed E-state index contributed by atoms with van der Waals surface area (Å²) in [4.78, 5) is 14.0. The largest absolute Gasteiger partial charge is 0.465 e. The second kappa shape index (κ2) is 8.10. The lowest BCUT2D eigenvalue weighted by Crippen LogP contribution is -2.48. The molecule has 2 unspecified atom stereocenters. The van der Waals surface area contributed by atoms with Gasteiger partial charge in [-0.15, -0.1) is 0 Å². The van der Waals surface area contributed by atoms with Crippen LogP contribution in [0, 0.1) is 11.3 Å². The van der Waals surface area contributed by atoms with Crippen LogP contribution < -0.4 is 4.90 Å². The van der Waals surface area contributed by atoms with E-state index in [1.807, 2.05) is 6.07 Å². The normalized spacial score (nSPS) is 21.5. The molecule has 139 valence electrons. The molecule has 6 heteroatoms. The van der Waals surface area contributed by atoms with Crippen LogP contribution in [0.1, 0.15) is 44.0 Å². The number of hydrogen-bond acceptors (Lipinski definition) is 4. The smallest absolute Gasteiger partial charge is 0.337 e. The molecule has 4 nitrogen and oxygen atoms in total. The maximum absolute atomic E-state index is 11.7. The molecule has 0 spiro atoms. The van der Waals surface area contributed by atoms with Gasteiger partial charge in [0.25, 0.3) is 0 Å². The number of carbonyl (C=O) groups excluding carboxylic acids is 1. The number of halogens is 1. The topological polar surface area (TPSA) is 38.8 Å². The Morgan fingerprint density at radius 1 is 1.32 bits per heavy atom. The van der Waals surface area contributed by atoms with Gasteiger partial charge in [0.05, 0.1) is 23.4 Å². The number of nitrogens with zero attached hydrogens (tertiary/aromatic N) is 1. The molecule has 1 radical (unpaired) electrons. The van der Waals surface area contributed by atoms with Crippen molar-refractivity contribution in [3.05, 3.63) is 28.8 Å². The van der Waals surface area contributed by atoms with Crippen LogP contribution in [-0.2, 0) is 9.16 Å². The van der Waals surface area contributed by atoms with E-state index >= 15 is 0 Å². The van der Waals surface area contributed by atoms with Gasteiger partial charge in [-0.25, -0.2) is 4.79 Å². The SMILES string of the molecule is COC(=O)c1ccc(N2CCC(C(C)(C)C)CC2O[Si](C)C)c(Cl)c1. The van der Waals surface area contributed by atoms with Gasteiger partial charge in [-0.2, -0.15) is 0 Å². The lowest BCUT2D eigenvalue weighted by atomic mass is 9.74. The molecule has 0 aromatic heterocycles. The monoisotopic (exact) mass is 382 g/mol. The van der Waals surface area contributed by atoms with Crippen LogP contribution in [0.5, 0.6) is 0 Å². The Balaban J connectivity index is 2.28. The summed E-state index contributed by atoms with van der Waals surface area (Å²) in [5.41, 5.74) is 1.66. The standard InChI is InChI=1S/C19H29ClNO3Si/c1-19(2,3)14-9-10-21(17(12-14)24-25(5)6)16-8-7-13(11-15(16)20)18(22)23-4/h7-8,11,14,17H,9-10,12H2,1-6H3. The van der Waals surface area contributed by atoms with Crippen molar-refractivity contribution in [2.75, 3.05) is 18.6 Å². The molecular formula is C19H29ClNO3Si. The number of anilines is 1. The van der Waals surface area contributed by atoms with Gasteiger partial charge in [0, 0.05) is 6.54 Å². The summed E-state index contributed by atoms with van der Waals surface area (Å²) in [6.45, 7) is 12.1. The van der Waals surface area contributed by atoms with Crippen LogP contribution in [0.3, 0.4) is 0 Å². The molecule has 1 saturated heterocycles. The first-order valence-electron chi connectivity index (χ1n) is 8.74. The van der Waals surface area contributed by atoms with E-state index in [0.29, 0.717) is 16.5 Å². The summed E-state index contributed by atoms with van der Waals surface area (Å²) in [6, 6.07) is 5.35. The van der Waals surface area contributed by atoms with E-state index in [2.05, 4.69) is 38.8 Å². The highest BCUT2D eigenvalue weighted by atomic mass is 35.5. The lowest BCUT2D eigenvalue weighted by Gasteiger charge is -2.45. The predicted octanol–water partition coefficient (Wildman–Crippen LogP) is 4.98. The average Bonchev–Trinajstić information content (AvgIpc) is 2.53. The minimum absolute atomic E-state index is 0.0309. The first-order valence-corrected chi connectivity index (χ1v) is 11.5. The molecule has 1 fully saturated rings. The Kier molecular flexibility index (Phi) is 6.57. The first-order chi connectivity index (χ1) is 11.6. The molecule has 1 aromatic carbocycles. The molecule has 2 rings (SSSR count). The number of piperidine rings is 1. The fourth-order valence-electron chi connectivity index (χ4n) is 3.36. The summed E-state index contributed by atoms with van der Waals surface area (Å²) in [5.74, 6) is 0.239. The van der Waals surface area contributed by atoms with E-state index in [1.165, 1.54) is 7.11 Å². The molecule has 25 heavy (non-hydrogen) atoms. The van der Waals surface area contributed by atoms with Crippen molar-refractivity contribution in [1.29, 1.82) is 0 Å². The quantitative estimate of drug-likeness (QED) is 0.543. The molecule has 0 aliphatic carbocycles. The highest BCUT2D eigenvalue weighted by molar-refractivity contribution is 6.48. The van der Waals surface area contributed by atoms with Crippen LogP contribution in [0.2, 0.25) is 18.1 Å². The highest BCUT2D eigenvalue weighted by Gasteiger charge is 2.36. The number of benzene rings is 1. The maximum Gasteiger partial charge on any atom is 0.337 e. The summed E-state index contributed by atoms with van der Waals surface area (Å²) in [5, 5.41) is 0.562. The summed E-state index contributed by atoms with van der Waals surface area (Å²) >= 11 is 6.50. The molecule has 0 bridgehead atoms. The Hall–Kier alpha value is -1.04. The van der Waals surface area contributed by atoms with Crippen molar-refractivity contribution in [3.63, 3.8) is 0 Å². The Morgan fingerprint density at radius 2 is 2.00 bits per heavy atom. The van der Waals surface area contributed by atoms with E-state index < -0.39 is 9.04 Å². The Labute approximate surface area is 158 Å². The van der Waals surface area contributed by atoms with E-state index in [0.717, 1.165) is 25.1 Å². The third-order valence-corrected chi connectivity index (χ3v) is 5.87. The van der Waals surface area contributed by atoms with Gasteiger partial charge in [0.2, 0.25) is 9.04 Å². The third-order valence-electron chi connectivity index (χ3n) is 4.83. The number of rotatable bonds is 4. The minimum atomic E-state index is -0.838. The second-order valence-electron chi connectivity index (χ2n) is 7.92. The van der Waals surface area contributed by atoms with Crippen LogP contribution in [-0.4, -0.2) is 34.9 Å². The van der Waals surface area contributed by atoms with E-state index in [9.17, 15) is 4.79 Å². The number of methoxy groups -OCH3 is 1. The number of hydrogen-bond donors (Lipinski definition) is 0.